The maximum atomic E-state index is 12.0. The van der Waals surface area contributed by atoms with E-state index in [-0.39, 0.29) is 5.91 Å². The molecule has 0 unspecified atom stereocenters. The maximum absolute atomic E-state index is 12.0. The first-order chi connectivity index (χ1) is 8.69. The molecule has 18 heavy (non-hydrogen) atoms. The van der Waals surface area contributed by atoms with Gasteiger partial charge in [0, 0.05) is 24.0 Å². The number of rotatable bonds is 3. The van der Waals surface area contributed by atoms with Crippen molar-refractivity contribution in [3.63, 3.8) is 0 Å². The SMILES string of the molecule is Cc1cncc(C(=O)Nc2cccc(CCl)c2)c1. The molecule has 2 rings (SSSR count). The Hall–Kier alpha value is -1.87. The molecule has 0 atom stereocenters. The second-order valence-corrected chi connectivity index (χ2v) is 4.31. The first-order valence-electron chi connectivity index (χ1n) is 5.57. The van der Waals surface area contributed by atoms with Crippen LogP contribution in [0.15, 0.2) is 42.7 Å². The molecule has 0 radical (unpaired) electrons. The molecular formula is C14H13ClN2O. The lowest BCUT2D eigenvalue weighted by Crippen LogP contribution is -2.12. The highest BCUT2D eigenvalue weighted by Gasteiger charge is 2.06. The Labute approximate surface area is 111 Å². The monoisotopic (exact) mass is 260 g/mol. The van der Waals surface area contributed by atoms with Gasteiger partial charge in [0.25, 0.3) is 5.91 Å². The minimum Gasteiger partial charge on any atom is -0.322 e. The van der Waals surface area contributed by atoms with Crippen LogP contribution in [0.3, 0.4) is 0 Å². The zero-order valence-corrected chi connectivity index (χ0v) is 10.7. The number of pyridine rings is 1. The van der Waals surface area contributed by atoms with Crippen molar-refractivity contribution >= 4 is 23.2 Å². The molecule has 1 heterocycles. The van der Waals surface area contributed by atoms with Crippen LogP contribution in [0.1, 0.15) is 21.5 Å². The predicted molar refractivity (Wildman–Crippen MR) is 72.9 cm³/mol. The summed E-state index contributed by atoms with van der Waals surface area (Å²) in [5, 5.41) is 2.82. The average Bonchev–Trinajstić information content (AvgIpc) is 2.39. The molecule has 0 aliphatic heterocycles. The summed E-state index contributed by atoms with van der Waals surface area (Å²) >= 11 is 5.75. The molecule has 0 saturated heterocycles. The van der Waals surface area contributed by atoms with Crippen molar-refractivity contribution in [3.8, 4) is 0 Å². The lowest BCUT2D eigenvalue weighted by atomic mass is 10.2. The second kappa shape index (κ2) is 5.65. The zero-order chi connectivity index (χ0) is 13.0. The van der Waals surface area contributed by atoms with Crippen molar-refractivity contribution < 1.29 is 4.79 Å². The molecule has 1 amide bonds. The number of alkyl halides is 1. The first-order valence-corrected chi connectivity index (χ1v) is 6.10. The van der Waals surface area contributed by atoms with Gasteiger partial charge < -0.3 is 5.32 Å². The Bertz CT molecular complexity index is 569. The number of hydrogen-bond acceptors (Lipinski definition) is 2. The summed E-state index contributed by atoms with van der Waals surface area (Å²) < 4.78 is 0. The summed E-state index contributed by atoms with van der Waals surface area (Å²) in [6.45, 7) is 1.90. The van der Waals surface area contributed by atoms with Gasteiger partial charge in [-0.15, -0.1) is 11.6 Å². The van der Waals surface area contributed by atoms with Gasteiger partial charge in [0.1, 0.15) is 0 Å². The smallest absolute Gasteiger partial charge is 0.257 e. The highest BCUT2D eigenvalue weighted by Crippen LogP contribution is 2.13. The standard InChI is InChI=1S/C14H13ClN2O/c1-10-5-12(9-16-8-10)14(18)17-13-4-2-3-11(6-13)7-15/h2-6,8-9H,7H2,1H3,(H,17,18). The molecule has 1 aromatic carbocycles. The average molecular weight is 261 g/mol. The summed E-state index contributed by atoms with van der Waals surface area (Å²) in [6, 6.07) is 9.26. The van der Waals surface area contributed by atoms with Crippen molar-refractivity contribution in [2.45, 2.75) is 12.8 Å². The van der Waals surface area contributed by atoms with Gasteiger partial charge in [-0.3, -0.25) is 9.78 Å². The van der Waals surface area contributed by atoms with Crippen LogP contribution in [0.4, 0.5) is 5.69 Å². The Morgan fingerprint density at radius 2 is 2.17 bits per heavy atom. The van der Waals surface area contributed by atoms with Gasteiger partial charge in [0.2, 0.25) is 0 Å². The normalized spacial score (nSPS) is 10.1. The zero-order valence-electron chi connectivity index (χ0n) is 9.98. The summed E-state index contributed by atoms with van der Waals surface area (Å²) in [4.78, 5) is 16.0. The predicted octanol–water partition coefficient (Wildman–Crippen LogP) is 3.38. The molecule has 92 valence electrons. The number of anilines is 1. The van der Waals surface area contributed by atoms with E-state index in [1.165, 1.54) is 0 Å². The summed E-state index contributed by atoms with van der Waals surface area (Å²) in [5.41, 5.74) is 3.21. The second-order valence-electron chi connectivity index (χ2n) is 4.04. The fraction of sp³-hybridized carbons (Fsp3) is 0.143. The quantitative estimate of drug-likeness (QED) is 0.860. The molecule has 4 heteroatoms. The maximum Gasteiger partial charge on any atom is 0.257 e. The fourth-order valence-electron chi connectivity index (χ4n) is 1.61. The van der Waals surface area contributed by atoms with E-state index in [0.717, 1.165) is 16.8 Å². The number of benzene rings is 1. The van der Waals surface area contributed by atoms with Crippen molar-refractivity contribution in [1.29, 1.82) is 0 Å². The van der Waals surface area contributed by atoms with Gasteiger partial charge in [0.05, 0.1) is 5.56 Å². The third-order valence-corrected chi connectivity index (χ3v) is 2.78. The van der Waals surface area contributed by atoms with Crippen molar-refractivity contribution in [3.05, 3.63) is 59.4 Å². The van der Waals surface area contributed by atoms with E-state index in [4.69, 9.17) is 11.6 Å². The Morgan fingerprint density at radius 3 is 2.89 bits per heavy atom. The highest BCUT2D eigenvalue weighted by atomic mass is 35.5. The number of carbonyl (C=O) groups excluding carboxylic acids is 1. The van der Waals surface area contributed by atoms with E-state index in [1.807, 2.05) is 31.2 Å². The molecule has 0 aliphatic rings. The van der Waals surface area contributed by atoms with E-state index in [9.17, 15) is 4.79 Å². The lowest BCUT2D eigenvalue weighted by molar-refractivity contribution is 0.102. The van der Waals surface area contributed by atoms with E-state index in [1.54, 1.807) is 18.5 Å². The number of aryl methyl sites for hydroxylation is 1. The van der Waals surface area contributed by atoms with Crippen LogP contribution in [-0.2, 0) is 5.88 Å². The molecule has 1 aromatic heterocycles. The number of nitrogens with one attached hydrogen (secondary N) is 1. The van der Waals surface area contributed by atoms with Crippen LogP contribution < -0.4 is 5.32 Å². The molecule has 0 fully saturated rings. The number of carbonyl (C=O) groups is 1. The van der Waals surface area contributed by atoms with E-state index < -0.39 is 0 Å². The summed E-state index contributed by atoms with van der Waals surface area (Å²) in [5.74, 6) is 0.258. The summed E-state index contributed by atoms with van der Waals surface area (Å²) in [6.07, 6.45) is 3.26. The molecule has 0 bridgehead atoms. The third kappa shape index (κ3) is 3.08. The molecule has 0 aliphatic carbocycles. The third-order valence-electron chi connectivity index (χ3n) is 2.48. The summed E-state index contributed by atoms with van der Waals surface area (Å²) in [7, 11) is 0. The van der Waals surface area contributed by atoms with Gasteiger partial charge in [-0.2, -0.15) is 0 Å². The lowest BCUT2D eigenvalue weighted by Gasteiger charge is -2.06. The minimum absolute atomic E-state index is 0.169. The van der Waals surface area contributed by atoms with Crippen LogP contribution in [0.2, 0.25) is 0 Å². The van der Waals surface area contributed by atoms with Crippen molar-refractivity contribution in [2.24, 2.45) is 0 Å². The van der Waals surface area contributed by atoms with Gasteiger partial charge >= 0.3 is 0 Å². The van der Waals surface area contributed by atoms with Crippen LogP contribution in [0, 0.1) is 6.92 Å². The van der Waals surface area contributed by atoms with Gasteiger partial charge in [-0.05, 0) is 36.2 Å². The molecule has 1 N–H and O–H groups in total. The molecular weight excluding hydrogens is 248 g/mol. The number of amides is 1. The van der Waals surface area contributed by atoms with E-state index in [2.05, 4.69) is 10.3 Å². The molecule has 0 saturated carbocycles. The van der Waals surface area contributed by atoms with Crippen LogP contribution in [0.25, 0.3) is 0 Å². The van der Waals surface area contributed by atoms with Gasteiger partial charge in [-0.25, -0.2) is 0 Å². The van der Waals surface area contributed by atoms with Crippen molar-refractivity contribution in [2.75, 3.05) is 5.32 Å². The van der Waals surface area contributed by atoms with Gasteiger partial charge in [0.15, 0.2) is 0 Å². The largest absolute Gasteiger partial charge is 0.322 e. The van der Waals surface area contributed by atoms with Crippen molar-refractivity contribution in [1.82, 2.24) is 4.98 Å². The van der Waals surface area contributed by atoms with Gasteiger partial charge in [-0.1, -0.05) is 12.1 Å². The Morgan fingerprint density at radius 1 is 1.33 bits per heavy atom. The van der Waals surface area contributed by atoms with Crippen LogP contribution in [0.5, 0.6) is 0 Å². The minimum atomic E-state index is -0.169. The topological polar surface area (TPSA) is 42.0 Å². The number of halogens is 1. The molecule has 3 nitrogen and oxygen atoms in total. The number of hydrogen-bond donors (Lipinski definition) is 1. The van der Waals surface area contributed by atoms with E-state index >= 15 is 0 Å². The molecule has 2 aromatic rings. The Balaban J connectivity index is 2.16. The fourth-order valence-corrected chi connectivity index (χ4v) is 1.78. The highest BCUT2D eigenvalue weighted by molar-refractivity contribution is 6.17. The van der Waals surface area contributed by atoms with Crippen LogP contribution >= 0.6 is 11.6 Å². The number of nitrogens with zero attached hydrogens (tertiary/aromatic N) is 1. The van der Waals surface area contributed by atoms with Crippen LogP contribution in [-0.4, -0.2) is 10.9 Å². The molecule has 0 spiro atoms. The first kappa shape index (κ1) is 12.6. The van der Waals surface area contributed by atoms with E-state index in [0.29, 0.717) is 11.4 Å². The number of aromatic nitrogens is 1. The Kier molecular flexibility index (Phi) is 3.95.